The molecule has 1 aliphatic heterocycles. The number of unbranched alkanes of at least 4 members (excludes halogenated alkanes) is 1. The molecule has 1 heterocycles. The third-order valence-corrected chi connectivity index (χ3v) is 3.55. The van der Waals surface area contributed by atoms with Crippen LogP contribution in [-0.4, -0.2) is 42.6 Å². The Bertz CT molecular complexity index is 251. The molecule has 0 bridgehead atoms. The van der Waals surface area contributed by atoms with E-state index in [0.717, 1.165) is 45.4 Å². The molecule has 4 heteroatoms. The van der Waals surface area contributed by atoms with Gasteiger partial charge in [0.15, 0.2) is 0 Å². The van der Waals surface area contributed by atoms with Crippen LogP contribution in [0.3, 0.4) is 0 Å². The SMILES string of the molecule is CCCCNC(=O)N1CCCNC2(CC2)C1. The lowest BCUT2D eigenvalue weighted by Crippen LogP contribution is -2.46. The van der Waals surface area contributed by atoms with Crippen LogP contribution in [0.1, 0.15) is 39.0 Å². The highest BCUT2D eigenvalue weighted by Crippen LogP contribution is 2.37. The quantitative estimate of drug-likeness (QED) is 0.712. The smallest absolute Gasteiger partial charge is 0.317 e. The average molecular weight is 225 g/mol. The molecule has 1 saturated carbocycles. The van der Waals surface area contributed by atoms with E-state index in [0.29, 0.717) is 0 Å². The van der Waals surface area contributed by atoms with Crippen molar-refractivity contribution in [1.82, 2.24) is 15.5 Å². The van der Waals surface area contributed by atoms with Gasteiger partial charge in [0.25, 0.3) is 0 Å². The summed E-state index contributed by atoms with van der Waals surface area (Å²) in [4.78, 5) is 13.9. The Labute approximate surface area is 97.8 Å². The molecule has 0 radical (unpaired) electrons. The predicted octanol–water partition coefficient (Wildman–Crippen LogP) is 1.32. The molecule has 0 unspecified atom stereocenters. The summed E-state index contributed by atoms with van der Waals surface area (Å²) < 4.78 is 0. The Morgan fingerprint density at radius 3 is 3.00 bits per heavy atom. The molecule has 2 fully saturated rings. The summed E-state index contributed by atoms with van der Waals surface area (Å²) in [5, 5.41) is 6.57. The molecule has 1 saturated heterocycles. The minimum absolute atomic E-state index is 0.128. The Hall–Kier alpha value is -0.770. The van der Waals surface area contributed by atoms with Crippen LogP contribution in [0.25, 0.3) is 0 Å². The topological polar surface area (TPSA) is 44.4 Å². The van der Waals surface area contributed by atoms with E-state index in [1.54, 1.807) is 0 Å². The number of amides is 2. The normalized spacial score (nSPS) is 22.9. The van der Waals surface area contributed by atoms with Crippen LogP contribution >= 0.6 is 0 Å². The van der Waals surface area contributed by atoms with Crippen molar-refractivity contribution >= 4 is 6.03 Å². The highest BCUT2D eigenvalue weighted by molar-refractivity contribution is 5.74. The van der Waals surface area contributed by atoms with Crippen molar-refractivity contribution in [1.29, 1.82) is 0 Å². The van der Waals surface area contributed by atoms with E-state index in [9.17, 15) is 4.79 Å². The fourth-order valence-electron chi connectivity index (χ4n) is 2.27. The van der Waals surface area contributed by atoms with E-state index in [1.807, 2.05) is 4.90 Å². The maximum atomic E-state index is 11.9. The number of hydrogen-bond acceptors (Lipinski definition) is 2. The summed E-state index contributed by atoms with van der Waals surface area (Å²) in [6, 6.07) is 0.128. The van der Waals surface area contributed by atoms with Gasteiger partial charge in [-0.1, -0.05) is 13.3 Å². The Morgan fingerprint density at radius 2 is 2.31 bits per heavy atom. The fraction of sp³-hybridized carbons (Fsp3) is 0.917. The van der Waals surface area contributed by atoms with Crippen molar-refractivity contribution < 1.29 is 4.79 Å². The number of hydrogen-bond donors (Lipinski definition) is 2. The van der Waals surface area contributed by atoms with Crippen LogP contribution in [0, 0.1) is 0 Å². The number of carbonyl (C=O) groups is 1. The molecule has 1 aliphatic carbocycles. The molecule has 0 atom stereocenters. The van der Waals surface area contributed by atoms with Crippen LogP contribution in [0.5, 0.6) is 0 Å². The van der Waals surface area contributed by atoms with Gasteiger partial charge < -0.3 is 15.5 Å². The zero-order valence-corrected chi connectivity index (χ0v) is 10.2. The van der Waals surface area contributed by atoms with Crippen molar-refractivity contribution in [2.75, 3.05) is 26.2 Å². The lowest BCUT2D eigenvalue weighted by atomic mass is 10.2. The van der Waals surface area contributed by atoms with E-state index in [-0.39, 0.29) is 11.6 Å². The van der Waals surface area contributed by atoms with Gasteiger partial charge in [0, 0.05) is 25.2 Å². The molecule has 1 spiro atoms. The zero-order chi connectivity index (χ0) is 11.4. The minimum atomic E-state index is 0.128. The molecule has 2 aliphatic rings. The first kappa shape index (κ1) is 11.7. The third kappa shape index (κ3) is 2.88. The summed E-state index contributed by atoms with van der Waals surface area (Å²) in [5.41, 5.74) is 0.276. The first-order chi connectivity index (χ1) is 7.76. The molecule has 2 N–H and O–H groups in total. The summed E-state index contributed by atoms with van der Waals surface area (Å²) in [5.74, 6) is 0. The fourth-order valence-corrected chi connectivity index (χ4v) is 2.27. The molecule has 2 amide bonds. The number of nitrogens with zero attached hydrogens (tertiary/aromatic N) is 1. The van der Waals surface area contributed by atoms with Crippen molar-refractivity contribution in [2.24, 2.45) is 0 Å². The minimum Gasteiger partial charge on any atom is -0.338 e. The highest BCUT2D eigenvalue weighted by Gasteiger charge is 2.45. The van der Waals surface area contributed by atoms with Crippen LogP contribution < -0.4 is 10.6 Å². The summed E-state index contributed by atoms with van der Waals surface area (Å²) >= 11 is 0. The lowest BCUT2D eigenvalue weighted by Gasteiger charge is -2.24. The Morgan fingerprint density at radius 1 is 1.50 bits per heavy atom. The van der Waals surface area contributed by atoms with Crippen molar-refractivity contribution in [3.63, 3.8) is 0 Å². The number of urea groups is 1. The van der Waals surface area contributed by atoms with Crippen LogP contribution in [0.15, 0.2) is 0 Å². The van der Waals surface area contributed by atoms with E-state index in [4.69, 9.17) is 0 Å². The van der Waals surface area contributed by atoms with Crippen molar-refractivity contribution in [3.8, 4) is 0 Å². The molecule has 4 nitrogen and oxygen atoms in total. The van der Waals surface area contributed by atoms with E-state index < -0.39 is 0 Å². The average Bonchev–Trinajstić information content (AvgIpc) is 3.07. The molecule has 0 aromatic carbocycles. The largest absolute Gasteiger partial charge is 0.338 e. The van der Waals surface area contributed by atoms with E-state index in [2.05, 4.69) is 17.6 Å². The van der Waals surface area contributed by atoms with Crippen LogP contribution in [0.2, 0.25) is 0 Å². The maximum absolute atomic E-state index is 11.9. The van der Waals surface area contributed by atoms with Gasteiger partial charge in [-0.25, -0.2) is 4.79 Å². The Kier molecular flexibility index (Phi) is 3.69. The molecular weight excluding hydrogens is 202 g/mol. The Balaban J connectivity index is 1.80. The molecule has 2 rings (SSSR count). The van der Waals surface area contributed by atoms with Gasteiger partial charge in [0.2, 0.25) is 0 Å². The number of rotatable bonds is 3. The number of nitrogens with one attached hydrogen (secondary N) is 2. The second-order valence-electron chi connectivity index (χ2n) is 5.07. The molecule has 0 aromatic rings. The lowest BCUT2D eigenvalue weighted by molar-refractivity contribution is 0.195. The molecule has 0 aromatic heterocycles. The van der Waals surface area contributed by atoms with Gasteiger partial charge in [-0.05, 0) is 32.2 Å². The second kappa shape index (κ2) is 5.04. The van der Waals surface area contributed by atoms with Gasteiger partial charge in [-0.3, -0.25) is 0 Å². The van der Waals surface area contributed by atoms with Crippen molar-refractivity contribution in [2.45, 2.75) is 44.6 Å². The van der Waals surface area contributed by atoms with E-state index >= 15 is 0 Å². The second-order valence-corrected chi connectivity index (χ2v) is 5.07. The molecule has 92 valence electrons. The summed E-state index contributed by atoms with van der Waals surface area (Å²) in [6.07, 6.45) is 5.73. The monoisotopic (exact) mass is 225 g/mol. The zero-order valence-electron chi connectivity index (χ0n) is 10.2. The summed E-state index contributed by atoms with van der Waals surface area (Å²) in [6.45, 7) is 5.80. The first-order valence-corrected chi connectivity index (χ1v) is 6.54. The van der Waals surface area contributed by atoms with Gasteiger partial charge in [-0.15, -0.1) is 0 Å². The predicted molar refractivity (Wildman–Crippen MR) is 64.5 cm³/mol. The number of carbonyl (C=O) groups excluding carboxylic acids is 1. The van der Waals surface area contributed by atoms with E-state index in [1.165, 1.54) is 12.8 Å². The van der Waals surface area contributed by atoms with Crippen molar-refractivity contribution in [3.05, 3.63) is 0 Å². The maximum Gasteiger partial charge on any atom is 0.317 e. The molecule has 16 heavy (non-hydrogen) atoms. The standard InChI is InChI=1S/C12H23N3O/c1-2-3-7-13-11(16)15-9-4-8-14-12(10-15)5-6-12/h14H,2-10H2,1H3,(H,13,16). The van der Waals surface area contributed by atoms with Gasteiger partial charge in [0.05, 0.1) is 0 Å². The van der Waals surface area contributed by atoms with Gasteiger partial charge in [0.1, 0.15) is 0 Å². The summed E-state index contributed by atoms with van der Waals surface area (Å²) in [7, 11) is 0. The third-order valence-electron chi connectivity index (χ3n) is 3.55. The van der Waals surface area contributed by atoms with Gasteiger partial charge in [-0.2, -0.15) is 0 Å². The van der Waals surface area contributed by atoms with Crippen LogP contribution in [-0.2, 0) is 0 Å². The highest BCUT2D eigenvalue weighted by atomic mass is 16.2. The first-order valence-electron chi connectivity index (χ1n) is 6.54. The van der Waals surface area contributed by atoms with Crippen LogP contribution in [0.4, 0.5) is 4.79 Å². The molecular formula is C12H23N3O. The van der Waals surface area contributed by atoms with Gasteiger partial charge >= 0.3 is 6.03 Å².